The van der Waals surface area contributed by atoms with E-state index >= 15 is 0 Å². The number of hydrogen-bond acceptors (Lipinski definition) is 3. The Morgan fingerprint density at radius 1 is 1.13 bits per heavy atom. The van der Waals surface area contributed by atoms with Crippen LogP contribution in [0, 0.1) is 0 Å². The third kappa shape index (κ3) is 3.65. The SMILES string of the molecule is CC(C)(C)c1ccc(C2(CCn3ccnc3)OCCCO2)cc1. The lowest BCUT2D eigenvalue weighted by atomic mass is 9.86. The zero-order chi connectivity index (χ0) is 16.3. The molecule has 1 aliphatic heterocycles. The molecule has 0 spiro atoms. The van der Waals surface area contributed by atoms with Crippen LogP contribution in [0.1, 0.15) is 44.7 Å². The average Bonchev–Trinajstić information content (AvgIpc) is 3.07. The summed E-state index contributed by atoms with van der Waals surface area (Å²) >= 11 is 0. The highest BCUT2D eigenvalue weighted by atomic mass is 16.7. The third-order valence-corrected chi connectivity index (χ3v) is 4.41. The van der Waals surface area contributed by atoms with Crippen molar-refractivity contribution >= 4 is 0 Å². The number of nitrogens with zero attached hydrogens (tertiary/aromatic N) is 2. The quantitative estimate of drug-likeness (QED) is 0.860. The van der Waals surface area contributed by atoms with E-state index in [0.29, 0.717) is 0 Å². The fraction of sp³-hybridized carbons (Fsp3) is 0.526. The summed E-state index contributed by atoms with van der Waals surface area (Å²) in [6.07, 6.45) is 7.33. The molecule has 1 aliphatic rings. The standard InChI is InChI=1S/C19H26N2O2/c1-18(2,3)16-5-7-17(8-6-16)19(22-13-4-14-23-19)9-11-21-12-10-20-15-21/h5-8,10,12,15H,4,9,11,13-14H2,1-3H3. The maximum atomic E-state index is 6.12. The van der Waals surface area contributed by atoms with E-state index in [2.05, 4.69) is 54.6 Å². The van der Waals surface area contributed by atoms with E-state index in [9.17, 15) is 0 Å². The van der Waals surface area contributed by atoms with Crippen molar-refractivity contribution in [2.45, 2.75) is 51.4 Å². The summed E-state index contributed by atoms with van der Waals surface area (Å²) in [5.74, 6) is -0.640. The van der Waals surface area contributed by atoms with Crippen molar-refractivity contribution in [3.05, 3.63) is 54.1 Å². The minimum atomic E-state index is -0.640. The highest BCUT2D eigenvalue weighted by molar-refractivity contribution is 5.30. The van der Waals surface area contributed by atoms with Crippen molar-refractivity contribution in [3.8, 4) is 0 Å². The average molecular weight is 314 g/mol. The van der Waals surface area contributed by atoms with Crippen LogP contribution in [0.25, 0.3) is 0 Å². The lowest BCUT2D eigenvalue weighted by Crippen LogP contribution is -2.39. The molecule has 23 heavy (non-hydrogen) atoms. The van der Waals surface area contributed by atoms with Gasteiger partial charge in [-0.15, -0.1) is 0 Å². The fourth-order valence-corrected chi connectivity index (χ4v) is 2.95. The monoisotopic (exact) mass is 314 g/mol. The Kier molecular flexibility index (Phi) is 4.55. The van der Waals surface area contributed by atoms with Crippen molar-refractivity contribution < 1.29 is 9.47 Å². The first-order valence-electron chi connectivity index (χ1n) is 8.34. The van der Waals surface area contributed by atoms with Crippen LogP contribution in [0.3, 0.4) is 0 Å². The lowest BCUT2D eigenvalue weighted by molar-refractivity contribution is -0.281. The zero-order valence-corrected chi connectivity index (χ0v) is 14.3. The van der Waals surface area contributed by atoms with Crippen molar-refractivity contribution in [2.75, 3.05) is 13.2 Å². The maximum absolute atomic E-state index is 6.12. The normalized spacial score (nSPS) is 18.0. The molecule has 4 nitrogen and oxygen atoms in total. The molecule has 3 rings (SSSR count). The van der Waals surface area contributed by atoms with Crippen LogP contribution in [0.5, 0.6) is 0 Å². The van der Waals surface area contributed by atoms with E-state index in [1.54, 1.807) is 6.20 Å². The zero-order valence-electron chi connectivity index (χ0n) is 14.3. The van der Waals surface area contributed by atoms with Gasteiger partial charge in [0.2, 0.25) is 0 Å². The molecule has 0 atom stereocenters. The molecular formula is C19H26N2O2. The topological polar surface area (TPSA) is 36.3 Å². The number of imidazole rings is 1. The predicted molar refractivity (Wildman–Crippen MR) is 90.2 cm³/mol. The van der Waals surface area contributed by atoms with Gasteiger partial charge in [0.1, 0.15) is 0 Å². The van der Waals surface area contributed by atoms with E-state index in [1.807, 2.05) is 12.5 Å². The highest BCUT2D eigenvalue weighted by Crippen LogP contribution is 2.36. The second-order valence-corrected chi connectivity index (χ2v) is 7.18. The first kappa shape index (κ1) is 16.2. The molecule has 0 saturated carbocycles. The molecule has 1 saturated heterocycles. The van der Waals surface area contributed by atoms with Gasteiger partial charge in [-0.1, -0.05) is 45.0 Å². The van der Waals surface area contributed by atoms with Crippen molar-refractivity contribution in [3.63, 3.8) is 0 Å². The first-order valence-corrected chi connectivity index (χ1v) is 8.34. The molecule has 0 amide bonds. The van der Waals surface area contributed by atoms with E-state index in [4.69, 9.17) is 9.47 Å². The summed E-state index contributed by atoms with van der Waals surface area (Å²) in [4.78, 5) is 4.10. The van der Waals surface area contributed by atoms with Gasteiger partial charge in [0.15, 0.2) is 5.79 Å². The molecular weight excluding hydrogens is 288 g/mol. The van der Waals surface area contributed by atoms with Gasteiger partial charge < -0.3 is 14.0 Å². The number of aromatic nitrogens is 2. The highest BCUT2D eigenvalue weighted by Gasteiger charge is 2.36. The molecule has 4 heteroatoms. The summed E-state index contributed by atoms with van der Waals surface area (Å²) in [5, 5.41) is 0. The number of rotatable bonds is 4. The van der Waals surface area contributed by atoms with Crippen molar-refractivity contribution in [2.24, 2.45) is 0 Å². The molecule has 1 aromatic heterocycles. The molecule has 1 aromatic carbocycles. The summed E-state index contributed by atoms with van der Waals surface area (Å²) in [6, 6.07) is 8.69. The van der Waals surface area contributed by atoms with E-state index in [0.717, 1.165) is 38.2 Å². The van der Waals surface area contributed by atoms with Crippen LogP contribution in [0.15, 0.2) is 43.0 Å². The molecule has 1 fully saturated rings. The van der Waals surface area contributed by atoms with Gasteiger partial charge in [-0.3, -0.25) is 0 Å². The lowest BCUT2D eigenvalue weighted by Gasteiger charge is -2.38. The predicted octanol–water partition coefficient (Wildman–Crippen LogP) is 3.86. The Labute approximate surface area is 138 Å². The molecule has 0 N–H and O–H groups in total. The molecule has 0 bridgehead atoms. The summed E-state index contributed by atoms with van der Waals surface area (Å²) < 4.78 is 14.3. The molecule has 0 unspecified atom stereocenters. The summed E-state index contributed by atoms with van der Waals surface area (Å²) in [7, 11) is 0. The first-order chi connectivity index (χ1) is 11.0. The number of hydrogen-bond donors (Lipinski definition) is 0. The number of aryl methyl sites for hydroxylation is 1. The Bertz CT molecular complexity index is 606. The van der Waals surface area contributed by atoms with Crippen LogP contribution in [0.4, 0.5) is 0 Å². The van der Waals surface area contributed by atoms with Crippen molar-refractivity contribution in [1.29, 1.82) is 0 Å². The van der Waals surface area contributed by atoms with Gasteiger partial charge >= 0.3 is 0 Å². The number of benzene rings is 1. The van der Waals surface area contributed by atoms with E-state index in [1.165, 1.54) is 5.56 Å². The molecule has 2 heterocycles. The minimum absolute atomic E-state index is 0.150. The third-order valence-electron chi connectivity index (χ3n) is 4.41. The Balaban J connectivity index is 1.83. The summed E-state index contributed by atoms with van der Waals surface area (Å²) in [6.45, 7) is 8.98. The number of ether oxygens (including phenoxy) is 2. The Hall–Kier alpha value is -1.65. The van der Waals surface area contributed by atoms with Crippen LogP contribution < -0.4 is 0 Å². The van der Waals surface area contributed by atoms with Gasteiger partial charge in [-0.05, 0) is 17.4 Å². The van der Waals surface area contributed by atoms with Gasteiger partial charge in [-0.2, -0.15) is 0 Å². The van der Waals surface area contributed by atoms with Gasteiger partial charge in [0, 0.05) is 30.9 Å². The smallest absolute Gasteiger partial charge is 0.196 e. The molecule has 0 aliphatic carbocycles. The Morgan fingerprint density at radius 3 is 2.39 bits per heavy atom. The van der Waals surface area contributed by atoms with Crippen molar-refractivity contribution in [1.82, 2.24) is 9.55 Å². The fourth-order valence-electron chi connectivity index (χ4n) is 2.95. The van der Waals surface area contributed by atoms with Gasteiger partial charge in [-0.25, -0.2) is 4.98 Å². The van der Waals surface area contributed by atoms with E-state index in [-0.39, 0.29) is 5.41 Å². The summed E-state index contributed by atoms with van der Waals surface area (Å²) in [5.41, 5.74) is 2.57. The molecule has 124 valence electrons. The second-order valence-electron chi connectivity index (χ2n) is 7.18. The van der Waals surface area contributed by atoms with E-state index < -0.39 is 5.79 Å². The van der Waals surface area contributed by atoms with Gasteiger partial charge in [0.05, 0.1) is 19.5 Å². The minimum Gasteiger partial charge on any atom is -0.346 e. The van der Waals surface area contributed by atoms with Crippen LogP contribution >= 0.6 is 0 Å². The van der Waals surface area contributed by atoms with Gasteiger partial charge in [0.25, 0.3) is 0 Å². The second kappa shape index (κ2) is 6.46. The molecule has 2 aromatic rings. The molecule has 0 radical (unpaired) electrons. The van der Waals surface area contributed by atoms with Crippen LogP contribution in [-0.4, -0.2) is 22.8 Å². The maximum Gasteiger partial charge on any atom is 0.196 e. The van der Waals surface area contributed by atoms with Crippen LogP contribution in [-0.2, 0) is 27.2 Å². The van der Waals surface area contributed by atoms with Crippen LogP contribution in [0.2, 0.25) is 0 Å². The largest absolute Gasteiger partial charge is 0.346 e. The Morgan fingerprint density at radius 2 is 1.83 bits per heavy atom.